The van der Waals surface area contributed by atoms with Gasteiger partial charge in [-0.2, -0.15) is 0 Å². The summed E-state index contributed by atoms with van der Waals surface area (Å²) in [6.07, 6.45) is 0. The van der Waals surface area contributed by atoms with Gasteiger partial charge < -0.3 is 9.47 Å². The van der Waals surface area contributed by atoms with Gasteiger partial charge in [0, 0.05) is 11.1 Å². The van der Waals surface area contributed by atoms with E-state index in [-0.39, 0.29) is 5.78 Å². The number of hydrogen-bond donors (Lipinski definition) is 0. The molecule has 0 unspecified atom stereocenters. The SMILES string of the molecule is COc1ccc(C(=O)c2cc(C)c(OC)cc2C)cc1. The van der Waals surface area contributed by atoms with Crippen molar-refractivity contribution in [3.05, 3.63) is 58.7 Å². The van der Waals surface area contributed by atoms with Crippen LogP contribution in [0.15, 0.2) is 36.4 Å². The van der Waals surface area contributed by atoms with Gasteiger partial charge in [0.15, 0.2) is 5.78 Å². The fraction of sp³-hybridized carbons (Fsp3) is 0.235. The Hall–Kier alpha value is -2.29. The maximum atomic E-state index is 12.5. The molecular weight excluding hydrogens is 252 g/mol. The number of carbonyl (C=O) groups is 1. The molecule has 0 spiro atoms. The van der Waals surface area contributed by atoms with Crippen molar-refractivity contribution in [3.8, 4) is 11.5 Å². The summed E-state index contributed by atoms with van der Waals surface area (Å²) in [7, 11) is 3.24. The van der Waals surface area contributed by atoms with Crippen molar-refractivity contribution in [1.82, 2.24) is 0 Å². The van der Waals surface area contributed by atoms with E-state index < -0.39 is 0 Å². The number of carbonyl (C=O) groups excluding carboxylic acids is 1. The highest BCUT2D eigenvalue weighted by Crippen LogP contribution is 2.25. The van der Waals surface area contributed by atoms with Crippen LogP contribution < -0.4 is 9.47 Å². The van der Waals surface area contributed by atoms with Crippen molar-refractivity contribution in [2.45, 2.75) is 13.8 Å². The van der Waals surface area contributed by atoms with Crippen LogP contribution in [-0.2, 0) is 0 Å². The van der Waals surface area contributed by atoms with Crippen LogP contribution >= 0.6 is 0 Å². The van der Waals surface area contributed by atoms with E-state index in [9.17, 15) is 4.79 Å². The largest absolute Gasteiger partial charge is 0.497 e. The van der Waals surface area contributed by atoms with Crippen molar-refractivity contribution in [3.63, 3.8) is 0 Å². The zero-order valence-corrected chi connectivity index (χ0v) is 12.2. The molecule has 0 heterocycles. The molecule has 0 aromatic heterocycles. The molecule has 0 aliphatic heterocycles. The molecule has 2 aromatic rings. The Bertz CT molecular complexity index is 627. The van der Waals surface area contributed by atoms with Gasteiger partial charge in [0.25, 0.3) is 0 Å². The van der Waals surface area contributed by atoms with E-state index in [0.717, 1.165) is 22.6 Å². The van der Waals surface area contributed by atoms with Crippen molar-refractivity contribution >= 4 is 5.78 Å². The Morgan fingerprint density at radius 1 is 0.900 bits per heavy atom. The second kappa shape index (κ2) is 5.78. The monoisotopic (exact) mass is 270 g/mol. The third kappa shape index (κ3) is 2.67. The van der Waals surface area contributed by atoms with E-state index in [0.29, 0.717) is 11.1 Å². The number of ether oxygens (including phenoxy) is 2. The second-order valence-corrected chi connectivity index (χ2v) is 4.69. The summed E-state index contributed by atoms with van der Waals surface area (Å²) in [5, 5.41) is 0. The van der Waals surface area contributed by atoms with Gasteiger partial charge in [-0.25, -0.2) is 0 Å². The van der Waals surface area contributed by atoms with E-state index in [1.165, 1.54) is 0 Å². The molecule has 0 fully saturated rings. The maximum absolute atomic E-state index is 12.5. The number of ketones is 1. The first-order valence-corrected chi connectivity index (χ1v) is 6.40. The summed E-state index contributed by atoms with van der Waals surface area (Å²) < 4.78 is 10.4. The fourth-order valence-electron chi connectivity index (χ4n) is 2.15. The number of hydrogen-bond acceptors (Lipinski definition) is 3. The van der Waals surface area contributed by atoms with E-state index in [1.54, 1.807) is 38.5 Å². The highest BCUT2D eigenvalue weighted by Gasteiger charge is 2.14. The predicted octanol–water partition coefficient (Wildman–Crippen LogP) is 3.55. The standard InChI is InChI=1S/C17H18O3/c1-11-10-16(20-4)12(2)9-15(11)17(18)13-5-7-14(19-3)8-6-13/h5-10H,1-4H3. The molecule has 3 heteroatoms. The van der Waals surface area contributed by atoms with Gasteiger partial charge in [-0.05, 0) is 61.4 Å². The lowest BCUT2D eigenvalue weighted by Crippen LogP contribution is -2.05. The smallest absolute Gasteiger partial charge is 0.193 e. The van der Waals surface area contributed by atoms with Crippen LogP contribution in [0.5, 0.6) is 11.5 Å². The third-order valence-corrected chi connectivity index (χ3v) is 3.34. The summed E-state index contributed by atoms with van der Waals surface area (Å²) in [6, 6.07) is 10.9. The molecular formula is C17H18O3. The molecule has 2 rings (SSSR count). The second-order valence-electron chi connectivity index (χ2n) is 4.69. The van der Waals surface area contributed by atoms with Crippen molar-refractivity contribution in [1.29, 1.82) is 0 Å². The molecule has 0 aliphatic rings. The Labute approximate surface area is 119 Å². The molecule has 104 valence electrons. The Morgan fingerprint density at radius 2 is 1.55 bits per heavy atom. The summed E-state index contributed by atoms with van der Waals surface area (Å²) >= 11 is 0. The lowest BCUT2D eigenvalue weighted by atomic mass is 9.97. The lowest BCUT2D eigenvalue weighted by molar-refractivity contribution is 0.103. The number of methoxy groups -OCH3 is 2. The van der Waals surface area contributed by atoms with Crippen LogP contribution in [0, 0.1) is 13.8 Å². The molecule has 0 saturated heterocycles. The molecule has 0 aliphatic carbocycles. The predicted molar refractivity (Wildman–Crippen MR) is 78.9 cm³/mol. The highest BCUT2D eigenvalue weighted by molar-refractivity contribution is 6.10. The van der Waals surface area contributed by atoms with Gasteiger partial charge in [-0.3, -0.25) is 4.79 Å². The molecule has 0 atom stereocenters. The Morgan fingerprint density at radius 3 is 2.10 bits per heavy atom. The van der Waals surface area contributed by atoms with Gasteiger partial charge in [0.05, 0.1) is 14.2 Å². The molecule has 3 nitrogen and oxygen atoms in total. The average Bonchev–Trinajstić information content (AvgIpc) is 2.48. The minimum Gasteiger partial charge on any atom is -0.497 e. The van der Waals surface area contributed by atoms with Crippen LogP contribution in [0.2, 0.25) is 0 Å². The summed E-state index contributed by atoms with van der Waals surface area (Å²) in [5.74, 6) is 1.55. The van der Waals surface area contributed by atoms with Crippen LogP contribution in [0.25, 0.3) is 0 Å². The van der Waals surface area contributed by atoms with Crippen LogP contribution in [0.3, 0.4) is 0 Å². The quantitative estimate of drug-likeness (QED) is 0.797. The van der Waals surface area contributed by atoms with E-state index >= 15 is 0 Å². The topological polar surface area (TPSA) is 35.5 Å². The number of aryl methyl sites for hydroxylation is 2. The van der Waals surface area contributed by atoms with Crippen molar-refractivity contribution < 1.29 is 14.3 Å². The number of rotatable bonds is 4. The molecule has 0 radical (unpaired) electrons. The minimum absolute atomic E-state index is 0.0101. The highest BCUT2D eigenvalue weighted by atomic mass is 16.5. The molecule has 20 heavy (non-hydrogen) atoms. The Kier molecular flexibility index (Phi) is 4.08. The van der Waals surface area contributed by atoms with Crippen LogP contribution in [0.4, 0.5) is 0 Å². The normalized spacial score (nSPS) is 10.2. The molecule has 0 amide bonds. The van der Waals surface area contributed by atoms with Gasteiger partial charge >= 0.3 is 0 Å². The van der Waals surface area contributed by atoms with Gasteiger partial charge in [-0.1, -0.05) is 0 Å². The fourth-order valence-corrected chi connectivity index (χ4v) is 2.15. The van der Waals surface area contributed by atoms with Crippen molar-refractivity contribution in [2.75, 3.05) is 14.2 Å². The Balaban J connectivity index is 2.39. The molecule has 2 aromatic carbocycles. The zero-order chi connectivity index (χ0) is 14.7. The first-order chi connectivity index (χ1) is 9.56. The van der Waals surface area contributed by atoms with Gasteiger partial charge in [0.2, 0.25) is 0 Å². The first-order valence-electron chi connectivity index (χ1n) is 6.40. The third-order valence-electron chi connectivity index (χ3n) is 3.34. The van der Waals surface area contributed by atoms with Crippen molar-refractivity contribution in [2.24, 2.45) is 0 Å². The zero-order valence-electron chi connectivity index (χ0n) is 12.2. The van der Waals surface area contributed by atoms with E-state index in [4.69, 9.17) is 9.47 Å². The van der Waals surface area contributed by atoms with E-state index in [2.05, 4.69) is 0 Å². The van der Waals surface area contributed by atoms with Gasteiger partial charge in [0.1, 0.15) is 11.5 Å². The lowest BCUT2D eigenvalue weighted by Gasteiger charge is -2.11. The maximum Gasteiger partial charge on any atom is 0.193 e. The summed E-state index contributed by atoms with van der Waals surface area (Å²) in [6.45, 7) is 3.85. The first kappa shape index (κ1) is 14.1. The van der Waals surface area contributed by atoms with Crippen LogP contribution in [0.1, 0.15) is 27.0 Å². The minimum atomic E-state index is 0.0101. The summed E-state index contributed by atoms with van der Waals surface area (Å²) in [5.41, 5.74) is 3.22. The molecule has 0 saturated carbocycles. The van der Waals surface area contributed by atoms with E-state index in [1.807, 2.05) is 26.0 Å². The van der Waals surface area contributed by atoms with Crippen LogP contribution in [-0.4, -0.2) is 20.0 Å². The van der Waals surface area contributed by atoms with Gasteiger partial charge in [-0.15, -0.1) is 0 Å². The average molecular weight is 270 g/mol. The number of benzene rings is 2. The molecule has 0 bridgehead atoms. The summed E-state index contributed by atoms with van der Waals surface area (Å²) in [4.78, 5) is 12.5. The molecule has 0 N–H and O–H groups in total.